The number of nitrogens with two attached hydrogens (primary N) is 2. The van der Waals surface area contributed by atoms with E-state index in [-0.39, 0.29) is 11.4 Å². The third kappa shape index (κ3) is 4.44. The van der Waals surface area contributed by atoms with E-state index in [2.05, 4.69) is 15.0 Å². The molecule has 0 fully saturated rings. The van der Waals surface area contributed by atoms with Crippen LogP contribution in [0.3, 0.4) is 0 Å². The summed E-state index contributed by atoms with van der Waals surface area (Å²) in [5, 5.41) is 7.46. The van der Waals surface area contributed by atoms with Crippen molar-refractivity contribution in [3.05, 3.63) is 48.3 Å². The van der Waals surface area contributed by atoms with Crippen LogP contribution in [0.1, 0.15) is 10.5 Å². The maximum absolute atomic E-state index is 11.9. The quantitative estimate of drug-likeness (QED) is 0.652. The fraction of sp³-hybridized carbons (Fsp3) is 0. The molecule has 0 aliphatic rings. The van der Waals surface area contributed by atoms with Crippen molar-refractivity contribution in [2.24, 2.45) is 5.14 Å². The number of nitrogens with zero attached hydrogens (tertiary/aromatic N) is 1. The molecule has 0 aliphatic heterocycles. The average Bonchev–Trinajstić information content (AvgIpc) is 2.37. The largest absolute Gasteiger partial charge is 0.397 e. The standard InChI is InChI=1S/C12H13N5O3S/c13-8-4-5-11(15-7-8)12(18)16-9-2-1-3-10(6-9)17-21(14,19)20/h1-7,17H,13H2,(H,16,18)(H2,14,19,20). The van der Waals surface area contributed by atoms with E-state index in [9.17, 15) is 13.2 Å². The van der Waals surface area contributed by atoms with Gasteiger partial charge in [0.05, 0.1) is 17.6 Å². The van der Waals surface area contributed by atoms with Crippen LogP contribution in [0.4, 0.5) is 17.1 Å². The molecule has 2 aromatic rings. The Kier molecular flexibility index (Phi) is 4.05. The summed E-state index contributed by atoms with van der Waals surface area (Å²) < 4.78 is 24.0. The second-order valence-corrected chi connectivity index (χ2v) is 5.45. The van der Waals surface area contributed by atoms with Crippen molar-refractivity contribution in [2.45, 2.75) is 0 Å². The van der Waals surface area contributed by atoms with Gasteiger partial charge in [-0.05, 0) is 30.3 Å². The van der Waals surface area contributed by atoms with Crippen LogP contribution in [0.5, 0.6) is 0 Å². The van der Waals surface area contributed by atoms with E-state index >= 15 is 0 Å². The fourth-order valence-corrected chi connectivity index (χ4v) is 2.01. The maximum atomic E-state index is 11.9. The summed E-state index contributed by atoms with van der Waals surface area (Å²) in [5.41, 5.74) is 6.76. The summed E-state index contributed by atoms with van der Waals surface area (Å²) in [5.74, 6) is -0.442. The molecule has 9 heteroatoms. The van der Waals surface area contributed by atoms with E-state index in [0.717, 1.165) is 0 Å². The first-order chi connectivity index (χ1) is 9.83. The average molecular weight is 307 g/mol. The van der Waals surface area contributed by atoms with Crippen LogP contribution in [-0.2, 0) is 10.2 Å². The SMILES string of the molecule is Nc1ccc(C(=O)Nc2cccc(NS(N)(=O)=O)c2)nc1. The van der Waals surface area contributed by atoms with Gasteiger partial charge in [0.25, 0.3) is 16.1 Å². The van der Waals surface area contributed by atoms with Gasteiger partial charge in [-0.15, -0.1) is 0 Å². The highest BCUT2D eigenvalue weighted by molar-refractivity contribution is 7.90. The molecule has 0 radical (unpaired) electrons. The monoisotopic (exact) mass is 307 g/mol. The Morgan fingerprint density at radius 2 is 1.86 bits per heavy atom. The first kappa shape index (κ1) is 14.8. The Balaban J connectivity index is 2.14. The van der Waals surface area contributed by atoms with E-state index < -0.39 is 16.1 Å². The Hall–Kier alpha value is -2.65. The fourth-order valence-electron chi connectivity index (χ4n) is 1.56. The van der Waals surface area contributed by atoms with E-state index in [1.165, 1.54) is 24.4 Å². The van der Waals surface area contributed by atoms with Crippen molar-refractivity contribution in [3.8, 4) is 0 Å². The molecule has 1 aromatic heterocycles. The number of nitrogen functional groups attached to an aromatic ring is 1. The van der Waals surface area contributed by atoms with Crippen LogP contribution < -0.4 is 20.9 Å². The lowest BCUT2D eigenvalue weighted by Gasteiger charge is -2.08. The summed E-state index contributed by atoms with van der Waals surface area (Å²) in [6, 6.07) is 9.14. The number of amides is 1. The lowest BCUT2D eigenvalue weighted by molar-refractivity contribution is 0.102. The highest BCUT2D eigenvalue weighted by atomic mass is 32.2. The van der Waals surface area contributed by atoms with Gasteiger partial charge in [0.2, 0.25) is 0 Å². The normalized spacial score (nSPS) is 10.9. The Morgan fingerprint density at radius 1 is 1.14 bits per heavy atom. The molecular weight excluding hydrogens is 294 g/mol. The molecule has 8 nitrogen and oxygen atoms in total. The number of nitrogens with one attached hydrogen (secondary N) is 2. The van der Waals surface area contributed by atoms with Gasteiger partial charge in [0, 0.05) is 5.69 Å². The van der Waals surface area contributed by atoms with Gasteiger partial charge in [0.15, 0.2) is 0 Å². The highest BCUT2D eigenvalue weighted by Gasteiger charge is 2.08. The minimum absolute atomic E-state index is 0.189. The number of rotatable bonds is 4. The summed E-state index contributed by atoms with van der Waals surface area (Å²) >= 11 is 0. The lowest BCUT2D eigenvalue weighted by atomic mass is 10.2. The summed E-state index contributed by atoms with van der Waals surface area (Å²) in [4.78, 5) is 15.8. The van der Waals surface area contributed by atoms with E-state index in [0.29, 0.717) is 11.4 Å². The van der Waals surface area contributed by atoms with E-state index in [1.54, 1.807) is 18.2 Å². The van der Waals surface area contributed by atoms with Crippen molar-refractivity contribution >= 4 is 33.2 Å². The zero-order chi connectivity index (χ0) is 15.5. The molecule has 1 heterocycles. The molecule has 110 valence electrons. The van der Waals surface area contributed by atoms with E-state index in [4.69, 9.17) is 10.9 Å². The predicted molar refractivity (Wildman–Crippen MR) is 79.8 cm³/mol. The number of hydrogen-bond donors (Lipinski definition) is 4. The second-order valence-electron chi connectivity index (χ2n) is 4.16. The van der Waals surface area contributed by atoms with Gasteiger partial charge in [-0.25, -0.2) is 10.1 Å². The van der Waals surface area contributed by atoms with Gasteiger partial charge >= 0.3 is 0 Å². The Bertz CT molecular complexity index is 759. The molecule has 21 heavy (non-hydrogen) atoms. The molecule has 6 N–H and O–H groups in total. The van der Waals surface area contributed by atoms with Crippen molar-refractivity contribution < 1.29 is 13.2 Å². The number of aromatic nitrogens is 1. The minimum Gasteiger partial charge on any atom is -0.397 e. The molecule has 0 spiro atoms. The Morgan fingerprint density at radius 3 is 2.48 bits per heavy atom. The third-order valence-electron chi connectivity index (χ3n) is 2.40. The third-order valence-corrected chi connectivity index (χ3v) is 2.92. The molecule has 0 atom stereocenters. The molecule has 0 saturated heterocycles. The van der Waals surface area contributed by atoms with Gasteiger partial charge in [-0.1, -0.05) is 6.07 Å². The van der Waals surface area contributed by atoms with Gasteiger partial charge in [0.1, 0.15) is 5.69 Å². The van der Waals surface area contributed by atoms with Gasteiger partial charge in [-0.2, -0.15) is 8.42 Å². The summed E-state index contributed by atoms with van der Waals surface area (Å²) in [6.45, 7) is 0. The van der Waals surface area contributed by atoms with Crippen LogP contribution in [0.2, 0.25) is 0 Å². The van der Waals surface area contributed by atoms with Crippen LogP contribution in [-0.4, -0.2) is 19.3 Å². The topological polar surface area (TPSA) is 140 Å². The lowest BCUT2D eigenvalue weighted by Crippen LogP contribution is -2.21. The number of hydrogen-bond acceptors (Lipinski definition) is 5. The molecular formula is C12H13N5O3S. The molecule has 0 saturated carbocycles. The zero-order valence-corrected chi connectivity index (χ0v) is 11.6. The van der Waals surface area contributed by atoms with Gasteiger partial charge < -0.3 is 11.1 Å². The minimum atomic E-state index is -3.87. The van der Waals surface area contributed by atoms with Crippen molar-refractivity contribution in [1.82, 2.24) is 4.98 Å². The number of carbonyl (C=O) groups excluding carboxylic acids is 1. The van der Waals surface area contributed by atoms with Crippen molar-refractivity contribution in [2.75, 3.05) is 15.8 Å². The maximum Gasteiger partial charge on any atom is 0.296 e. The van der Waals surface area contributed by atoms with E-state index in [1.807, 2.05) is 0 Å². The molecule has 1 amide bonds. The number of anilines is 3. The molecule has 0 unspecified atom stereocenters. The first-order valence-electron chi connectivity index (χ1n) is 5.77. The number of benzene rings is 1. The molecule has 1 aromatic carbocycles. The summed E-state index contributed by atoms with van der Waals surface area (Å²) in [7, 11) is -3.87. The van der Waals surface area contributed by atoms with Crippen LogP contribution in [0.25, 0.3) is 0 Å². The van der Waals surface area contributed by atoms with Crippen molar-refractivity contribution in [3.63, 3.8) is 0 Å². The number of pyridine rings is 1. The highest BCUT2D eigenvalue weighted by Crippen LogP contribution is 2.16. The van der Waals surface area contributed by atoms with Crippen LogP contribution >= 0.6 is 0 Å². The second kappa shape index (κ2) is 5.77. The molecule has 2 rings (SSSR count). The van der Waals surface area contributed by atoms with Crippen molar-refractivity contribution in [1.29, 1.82) is 0 Å². The zero-order valence-electron chi connectivity index (χ0n) is 10.8. The smallest absolute Gasteiger partial charge is 0.296 e. The predicted octanol–water partition coefficient (Wildman–Crippen LogP) is 0.531. The summed E-state index contributed by atoms with van der Waals surface area (Å²) in [6.07, 6.45) is 1.37. The first-order valence-corrected chi connectivity index (χ1v) is 7.31. The molecule has 0 bridgehead atoms. The number of carbonyl (C=O) groups is 1. The Labute approximate surface area is 121 Å². The van der Waals surface area contributed by atoms with Crippen LogP contribution in [0, 0.1) is 0 Å². The molecule has 0 aliphatic carbocycles. The van der Waals surface area contributed by atoms with Gasteiger partial charge in [-0.3, -0.25) is 9.52 Å². The van der Waals surface area contributed by atoms with Crippen LogP contribution in [0.15, 0.2) is 42.6 Å².